The van der Waals surface area contributed by atoms with E-state index in [9.17, 15) is 9.90 Å². The molecule has 5 fully saturated rings. The van der Waals surface area contributed by atoms with Crippen LogP contribution in [0.5, 0.6) is 5.75 Å². The van der Waals surface area contributed by atoms with Gasteiger partial charge in [-0.3, -0.25) is 0 Å². The molecule has 2 aromatic rings. The second-order valence-electron chi connectivity index (χ2n) is 12.8. The van der Waals surface area contributed by atoms with Crippen molar-refractivity contribution in [1.82, 2.24) is 0 Å². The number of piperidine rings is 1. The van der Waals surface area contributed by atoms with Gasteiger partial charge in [-0.2, -0.15) is 0 Å². The molecule has 0 radical (unpaired) electrons. The molecule has 4 saturated carbocycles. The molecule has 2 atom stereocenters. The molecule has 4 bridgehead atoms. The fraction of sp³-hybridized carbons (Fsp3) is 0.594. The molecule has 0 unspecified atom stereocenters. The zero-order valence-corrected chi connectivity index (χ0v) is 20.9. The normalized spacial score (nSPS) is 36.2. The third-order valence-corrected chi connectivity index (χ3v) is 10.8. The molecule has 0 aromatic heterocycles. The third-order valence-electron chi connectivity index (χ3n) is 10.8. The van der Waals surface area contributed by atoms with Crippen molar-refractivity contribution >= 4 is 12.0 Å². The number of phenolic OH excluding ortho intramolecular Hbond substituents is 1. The Morgan fingerprint density at radius 3 is 2.14 bits per heavy atom. The lowest BCUT2D eigenvalue weighted by Crippen LogP contribution is -2.51. The van der Waals surface area contributed by atoms with Gasteiger partial charge in [-0.15, -0.1) is 0 Å². The molecule has 5 aliphatic carbocycles. The number of hydrogen-bond acceptors (Lipinski definition) is 3. The Kier molecular flexibility index (Phi) is 5.26. The van der Waals surface area contributed by atoms with Gasteiger partial charge in [0.25, 0.3) is 0 Å². The van der Waals surface area contributed by atoms with Gasteiger partial charge in [0.1, 0.15) is 12.0 Å². The van der Waals surface area contributed by atoms with Gasteiger partial charge in [0.05, 0.1) is 0 Å². The van der Waals surface area contributed by atoms with Crippen molar-refractivity contribution in [2.45, 2.75) is 70.1 Å². The van der Waals surface area contributed by atoms with E-state index in [2.05, 4.69) is 35.2 Å². The largest absolute Gasteiger partial charge is 0.508 e. The average molecular weight is 470 g/mol. The van der Waals surface area contributed by atoms with Crippen LogP contribution in [-0.2, 0) is 11.2 Å². The summed E-state index contributed by atoms with van der Waals surface area (Å²) < 4.78 is 0. The van der Waals surface area contributed by atoms with Crippen LogP contribution in [0.2, 0.25) is 0 Å². The van der Waals surface area contributed by atoms with Gasteiger partial charge in [-0.1, -0.05) is 18.2 Å². The molecule has 1 heterocycles. The smallest absolute Gasteiger partial charge is 0.123 e. The number of hydrogen-bond donors (Lipinski definition) is 1. The third kappa shape index (κ3) is 3.72. The van der Waals surface area contributed by atoms with Crippen molar-refractivity contribution < 1.29 is 9.90 Å². The number of carbonyl (C=O) groups excluding carboxylic acids is 1. The van der Waals surface area contributed by atoms with E-state index in [1.165, 1.54) is 67.3 Å². The minimum absolute atomic E-state index is 0.238. The summed E-state index contributed by atoms with van der Waals surface area (Å²) in [6.07, 6.45) is 14.3. The number of aldehydes is 1. The summed E-state index contributed by atoms with van der Waals surface area (Å²) >= 11 is 0. The van der Waals surface area contributed by atoms with Crippen LogP contribution in [0, 0.1) is 35.0 Å². The first-order chi connectivity index (χ1) is 17.1. The number of carbonyl (C=O) groups is 1. The predicted molar refractivity (Wildman–Crippen MR) is 140 cm³/mol. The number of anilines is 1. The minimum Gasteiger partial charge on any atom is -0.508 e. The van der Waals surface area contributed by atoms with E-state index < -0.39 is 0 Å². The zero-order chi connectivity index (χ0) is 23.6. The topological polar surface area (TPSA) is 40.5 Å². The average Bonchev–Trinajstić information content (AvgIpc) is 2.87. The Morgan fingerprint density at radius 2 is 1.51 bits per heavy atom. The monoisotopic (exact) mass is 469 g/mol. The van der Waals surface area contributed by atoms with Gasteiger partial charge in [0.15, 0.2) is 0 Å². The Labute approximate surface area is 209 Å². The van der Waals surface area contributed by atoms with E-state index in [0.717, 1.165) is 56.4 Å². The Morgan fingerprint density at radius 1 is 0.857 bits per heavy atom. The van der Waals surface area contributed by atoms with Crippen molar-refractivity contribution in [3.8, 4) is 5.75 Å². The van der Waals surface area contributed by atoms with Gasteiger partial charge in [0.2, 0.25) is 0 Å². The maximum Gasteiger partial charge on any atom is 0.123 e. The van der Waals surface area contributed by atoms with E-state index in [1.807, 2.05) is 12.1 Å². The summed E-state index contributed by atoms with van der Waals surface area (Å²) in [5.74, 6) is 4.71. The Bertz CT molecular complexity index is 1060. The first kappa shape index (κ1) is 21.9. The van der Waals surface area contributed by atoms with Crippen LogP contribution in [0.1, 0.15) is 80.4 Å². The van der Waals surface area contributed by atoms with Gasteiger partial charge >= 0.3 is 0 Å². The van der Waals surface area contributed by atoms with Crippen LogP contribution in [0.4, 0.5) is 5.69 Å². The van der Waals surface area contributed by atoms with E-state index >= 15 is 0 Å². The minimum atomic E-state index is 0.238. The van der Waals surface area contributed by atoms with Crippen LogP contribution >= 0.6 is 0 Å². The van der Waals surface area contributed by atoms with Crippen molar-refractivity contribution in [2.24, 2.45) is 35.0 Å². The molecule has 3 heteroatoms. The molecule has 184 valence electrons. The van der Waals surface area contributed by atoms with Crippen molar-refractivity contribution in [3.05, 3.63) is 59.2 Å². The summed E-state index contributed by atoms with van der Waals surface area (Å²) in [6.45, 7) is 1.95. The van der Waals surface area contributed by atoms with E-state index in [4.69, 9.17) is 0 Å². The first-order valence-corrected chi connectivity index (χ1v) is 14.2. The van der Waals surface area contributed by atoms with Crippen LogP contribution in [-0.4, -0.2) is 24.5 Å². The Hall–Kier alpha value is -2.29. The zero-order valence-electron chi connectivity index (χ0n) is 20.9. The van der Waals surface area contributed by atoms with Crippen LogP contribution in [0.3, 0.4) is 0 Å². The molecule has 3 nitrogen and oxygen atoms in total. The molecular formula is C32H39NO2. The standard InChI is InChI=1S/C32H39NO2/c34-20-21-9-11-33(12-10-21)27-4-1-25(2-5-27)31-29-7-6-28(35)16-26(29)3-8-30(31)32-17-22-13-23(18-32)15-24(14-22)19-32/h1-2,4-7,16,20-24,30-31,35H,3,8-15,17-19H2/t22?,23?,24?,30-,31+,32?/m1/s1. The summed E-state index contributed by atoms with van der Waals surface area (Å²) in [5.41, 5.74) is 6.10. The number of aryl methyl sites for hydroxylation is 1. The summed E-state index contributed by atoms with van der Waals surface area (Å²) in [4.78, 5) is 13.6. The molecule has 2 aromatic carbocycles. The number of rotatable bonds is 4. The second kappa shape index (κ2) is 8.39. The summed E-state index contributed by atoms with van der Waals surface area (Å²) in [7, 11) is 0. The number of benzene rings is 2. The maximum atomic E-state index is 11.2. The quantitative estimate of drug-likeness (QED) is 0.506. The van der Waals surface area contributed by atoms with Gasteiger partial charge < -0.3 is 14.8 Å². The number of phenols is 1. The number of nitrogens with zero attached hydrogens (tertiary/aromatic N) is 1. The summed E-state index contributed by atoms with van der Waals surface area (Å²) in [5, 5.41) is 10.2. The lowest BCUT2D eigenvalue weighted by atomic mass is 9.43. The van der Waals surface area contributed by atoms with Gasteiger partial charge in [-0.25, -0.2) is 0 Å². The van der Waals surface area contributed by atoms with Crippen molar-refractivity contribution in [3.63, 3.8) is 0 Å². The molecule has 8 rings (SSSR count). The highest BCUT2D eigenvalue weighted by molar-refractivity contribution is 5.56. The molecule has 1 saturated heterocycles. The number of aromatic hydroxyl groups is 1. The fourth-order valence-electron chi connectivity index (χ4n) is 9.70. The molecule has 6 aliphatic rings. The van der Waals surface area contributed by atoms with Crippen LogP contribution < -0.4 is 4.90 Å². The van der Waals surface area contributed by atoms with Crippen molar-refractivity contribution in [1.29, 1.82) is 0 Å². The highest BCUT2D eigenvalue weighted by Crippen LogP contribution is 2.66. The molecule has 0 spiro atoms. The molecule has 1 aliphatic heterocycles. The highest BCUT2D eigenvalue weighted by atomic mass is 16.3. The maximum absolute atomic E-state index is 11.2. The predicted octanol–water partition coefficient (Wildman–Crippen LogP) is 6.72. The summed E-state index contributed by atoms with van der Waals surface area (Å²) in [6, 6.07) is 15.7. The van der Waals surface area contributed by atoms with E-state index in [0.29, 0.717) is 23.0 Å². The van der Waals surface area contributed by atoms with Gasteiger partial charge in [0, 0.05) is 30.6 Å². The molecule has 35 heavy (non-hydrogen) atoms. The molecule has 0 amide bonds. The fourth-order valence-corrected chi connectivity index (χ4v) is 9.70. The van der Waals surface area contributed by atoms with Gasteiger partial charge in [-0.05, 0) is 134 Å². The van der Waals surface area contributed by atoms with Crippen LogP contribution in [0.25, 0.3) is 0 Å². The van der Waals surface area contributed by atoms with E-state index in [1.54, 1.807) is 0 Å². The second-order valence-corrected chi connectivity index (χ2v) is 12.8. The first-order valence-electron chi connectivity index (χ1n) is 14.2. The van der Waals surface area contributed by atoms with Crippen LogP contribution in [0.15, 0.2) is 42.5 Å². The van der Waals surface area contributed by atoms with E-state index in [-0.39, 0.29) is 5.92 Å². The SMILES string of the molecule is O=CC1CCN(c2ccc([C@H]3c4ccc(O)cc4CC[C@H]3C34CC5CC(CC(C5)C3)C4)cc2)CC1. The Balaban J connectivity index is 1.23. The lowest BCUT2D eigenvalue weighted by molar-refractivity contribution is -0.111. The molecular weight excluding hydrogens is 430 g/mol. The highest BCUT2D eigenvalue weighted by Gasteiger charge is 2.56. The van der Waals surface area contributed by atoms with Crippen molar-refractivity contribution in [2.75, 3.05) is 18.0 Å². The molecule has 1 N–H and O–H groups in total. The number of fused-ring (bicyclic) bond motifs is 1. The lowest BCUT2D eigenvalue weighted by Gasteiger charge is -2.61.